The molecule has 1 aromatic heterocycles. The number of ether oxygens (including phenoxy) is 1. The van der Waals surface area contributed by atoms with Crippen LogP contribution in [-0.4, -0.2) is 60.3 Å². The number of rotatable bonds is 3. The maximum Gasteiger partial charge on any atom is 0.132 e. The summed E-state index contributed by atoms with van der Waals surface area (Å²) in [7, 11) is 0. The number of hydrogen-bond acceptors (Lipinski definition) is 5. The highest BCUT2D eigenvalue weighted by molar-refractivity contribution is 5.40. The van der Waals surface area contributed by atoms with Crippen molar-refractivity contribution in [2.24, 2.45) is 0 Å². The van der Waals surface area contributed by atoms with Crippen LogP contribution < -0.4 is 4.90 Å². The second-order valence-electron chi connectivity index (χ2n) is 6.32. The van der Waals surface area contributed by atoms with E-state index in [-0.39, 0.29) is 0 Å². The standard InChI is InChI=1S/C16H26N4O/c1-13(2)15-11-16(18-12-17-15)20-5-3-14(4-6-20)19-7-9-21-10-8-19/h11-14H,3-10H2,1-2H3. The minimum atomic E-state index is 0.456. The summed E-state index contributed by atoms with van der Waals surface area (Å²) in [4.78, 5) is 13.8. The van der Waals surface area contributed by atoms with Crippen molar-refractivity contribution in [1.29, 1.82) is 0 Å². The lowest BCUT2D eigenvalue weighted by molar-refractivity contribution is 0.0115. The van der Waals surface area contributed by atoms with Crippen LogP contribution >= 0.6 is 0 Å². The maximum absolute atomic E-state index is 5.45. The van der Waals surface area contributed by atoms with Crippen LogP contribution in [0.2, 0.25) is 0 Å². The topological polar surface area (TPSA) is 41.5 Å². The number of nitrogens with zero attached hydrogens (tertiary/aromatic N) is 4. The Labute approximate surface area is 127 Å². The van der Waals surface area contributed by atoms with E-state index in [1.54, 1.807) is 6.33 Å². The van der Waals surface area contributed by atoms with Gasteiger partial charge in [0.2, 0.25) is 0 Å². The third-order valence-corrected chi connectivity index (χ3v) is 4.62. The number of aromatic nitrogens is 2. The van der Waals surface area contributed by atoms with Gasteiger partial charge in [-0.05, 0) is 18.8 Å². The molecule has 5 nitrogen and oxygen atoms in total. The Kier molecular flexibility index (Phi) is 4.70. The lowest BCUT2D eigenvalue weighted by Crippen LogP contribution is -2.49. The highest BCUT2D eigenvalue weighted by atomic mass is 16.5. The van der Waals surface area contributed by atoms with Crippen LogP contribution in [0, 0.1) is 0 Å². The number of hydrogen-bond donors (Lipinski definition) is 0. The molecule has 2 aliphatic rings. The van der Waals surface area contributed by atoms with Crippen molar-refractivity contribution >= 4 is 5.82 Å². The quantitative estimate of drug-likeness (QED) is 0.850. The molecular formula is C16H26N4O. The summed E-state index contributed by atoms with van der Waals surface area (Å²) >= 11 is 0. The molecule has 2 fully saturated rings. The fourth-order valence-electron chi connectivity index (χ4n) is 3.25. The van der Waals surface area contributed by atoms with Crippen molar-refractivity contribution < 1.29 is 4.74 Å². The summed E-state index contributed by atoms with van der Waals surface area (Å²) in [6.07, 6.45) is 4.15. The van der Waals surface area contributed by atoms with Crippen LogP contribution in [0.4, 0.5) is 5.82 Å². The largest absolute Gasteiger partial charge is 0.379 e. The number of piperidine rings is 1. The van der Waals surface area contributed by atoms with Crippen molar-refractivity contribution in [3.05, 3.63) is 18.1 Å². The molecule has 0 spiro atoms. The first kappa shape index (κ1) is 14.7. The van der Waals surface area contributed by atoms with E-state index in [0.717, 1.165) is 56.9 Å². The van der Waals surface area contributed by atoms with Crippen molar-refractivity contribution in [1.82, 2.24) is 14.9 Å². The van der Waals surface area contributed by atoms with Gasteiger partial charge in [-0.2, -0.15) is 0 Å². The number of anilines is 1. The molecule has 0 unspecified atom stereocenters. The average molecular weight is 290 g/mol. The van der Waals surface area contributed by atoms with Gasteiger partial charge in [-0.3, -0.25) is 4.90 Å². The molecule has 0 radical (unpaired) electrons. The summed E-state index contributed by atoms with van der Waals surface area (Å²) < 4.78 is 5.45. The van der Waals surface area contributed by atoms with Crippen molar-refractivity contribution in [3.63, 3.8) is 0 Å². The molecular weight excluding hydrogens is 264 g/mol. The van der Waals surface area contributed by atoms with Crippen LogP contribution in [0.15, 0.2) is 12.4 Å². The molecule has 0 bridgehead atoms. The van der Waals surface area contributed by atoms with Gasteiger partial charge < -0.3 is 9.64 Å². The molecule has 2 aliphatic heterocycles. The lowest BCUT2D eigenvalue weighted by atomic mass is 10.0. The van der Waals surface area contributed by atoms with E-state index < -0.39 is 0 Å². The zero-order valence-electron chi connectivity index (χ0n) is 13.2. The third-order valence-electron chi connectivity index (χ3n) is 4.62. The van der Waals surface area contributed by atoms with Gasteiger partial charge in [0, 0.05) is 44.0 Å². The van der Waals surface area contributed by atoms with Crippen molar-refractivity contribution in [2.45, 2.75) is 38.6 Å². The highest BCUT2D eigenvalue weighted by Gasteiger charge is 2.26. The molecule has 1 aromatic rings. The Morgan fingerprint density at radius 2 is 1.81 bits per heavy atom. The van der Waals surface area contributed by atoms with E-state index in [4.69, 9.17) is 4.74 Å². The first-order chi connectivity index (χ1) is 10.2. The van der Waals surface area contributed by atoms with Crippen LogP contribution in [0.3, 0.4) is 0 Å². The Bertz CT molecular complexity index is 451. The summed E-state index contributed by atoms with van der Waals surface area (Å²) in [6, 6.07) is 2.87. The summed E-state index contributed by atoms with van der Waals surface area (Å²) in [5, 5.41) is 0. The fraction of sp³-hybridized carbons (Fsp3) is 0.750. The molecule has 3 rings (SSSR count). The molecule has 0 atom stereocenters. The second-order valence-corrected chi connectivity index (χ2v) is 6.32. The van der Waals surface area contributed by atoms with Gasteiger partial charge >= 0.3 is 0 Å². The van der Waals surface area contributed by atoms with Gasteiger partial charge in [0.15, 0.2) is 0 Å². The van der Waals surface area contributed by atoms with Crippen LogP contribution in [-0.2, 0) is 4.74 Å². The van der Waals surface area contributed by atoms with Gasteiger partial charge in [0.05, 0.1) is 13.2 Å². The highest BCUT2D eigenvalue weighted by Crippen LogP contribution is 2.23. The van der Waals surface area contributed by atoms with Crippen molar-refractivity contribution in [2.75, 3.05) is 44.3 Å². The normalized spacial score (nSPS) is 22.0. The Morgan fingerprint density at radius 1 is 1.10 bits per heavy atom. The van der Waals surface area contributed by atoms with E-state index in [1.165, 1.54) is 12.8 Å². The molecule has 3 heterocycles. The third kappa shape index (κ3) is 3.52. The van der Waals surface area contributed by atoms with Gasteiger partial charge in [-0.15, -0.1) is 0 Å². The van der Waals surface area contributed by atoms with E-state index >= 15 is 0 Å². The van der Waals surface area contributed by atoms with Crippen LogP contribution in [0.1, 0.15) is 38.3 Å². The fourth-order valence-corrected chi connectivity index (χ4v) is 3.25. The summed E-state index contributed by atoms with van der Waals surface area (Å²) in [5.74, 6) is 1.55. The van der Waals surface area contributed by atoms with Crippen molar-refractivity contribution in [3.8, 4) is 0 Å². The predicted molar refractivity (Wildman–Crippen MR) is 83.7 cm³/mol. The molecule has 21 heavy (non-hydrogen) atoms. The van der Waals surface area contributed by atoms with Gasteiger partial charge in [-0.1, -0.05) is 13.8 Å². The monoisotopic (exact) mass is 290 g/mol. The Balaban J connectivity index is 1.59. The lowest BCUT2D eigenvalue weighted by Gasteiger charge is -2.40. The molecule has 0 aromatic carbocycles. The van der Waals surface area contributed by atoms with E-state index in [0.29, 0.717) is 5.92 Å². The SMILES string of the molecule is CC(C)c1cc(N2CCC(N3CCOCC3)CC2)ncn1. The van der Waals surface area contributed by atoms with Gasteiger partial charge in [0.25, 0.3) is 0 Å². The van der Waals surface area contributed by atoms with E-state index in [2.05, 4.69) is 39.7 Å². The first-order valence-corrected chi connectivity index (χ1v) is 8.12. The Hall–Kier alpha value is -1.20. The molecule has 0 aliphatic carbocycles. The van der Waals surface area contributed by atoms with E-state index in [9.17, 15) is 0 Å². The average Bonchev–Trinajstić information content (AvgIpc) is 2.56. The molecule has 116 valence electrons. The molecule has 2 saturated heterocycles. The van der Waals surface area contributed by atoms with Gasteiger partial charge in [-0.25, -0.2) is 9.97 Å². The second kappa shape index (κ2) is 6.71. The zero-order chi connectivity index (χ0) is 14.7. The maximum atomic E-state index is 5.45. The molecule has 0 saturated carbocycles. The smallest absolute Gasteiger partial charge is 0.132 e. The van der Waals surface area contributed by atoms with Crippen LogP contribution in [0.25, 0.3) is 0 Å². The summed E-state index contributed by atoms with van der Waals surface area (Å²) in [5.41, 5.74) is 1.13. The molecule has 0 N–H and O–H groups in total. The predicted octanol–water partition coefficient (Wildman–Crippen LogP) is 1.90. The minimum Gasteiger partial charge on any atom is -0.379 e. The Morgan fingerprint density at radius 3 is 2.48 bits per heavy atom. The zero-order valence-corrected chi connectivity index (χ0v) is 13.2. The molecule has 0 amide bonds. The van der Waals surface area contributed by atoms with Crippen LogP contribution in [0.5, 0.6) is 0 Å². The number of morpholine rings is 1. The van der Waals surface area contributed by atoms with E-state index in [1.807, 2.05) is 0 Å². The van der Waals surface area contributed by atoms with Gasteiger partial charge in [0.1, 0.15) is 12.1 Å². The summed E-state index contributed by atoms with van der Waals surface area (Å²) in [6.45, 7) is 10.5. The minimum absolute atomic E-state index is 0.456. The first-order valence-electron chi connectivity index (χ1n) is 8.12. The molecule has 5 heteroatoms.